The Hall–Kier alpha value is -2.51. The zero-order chi connectivity index (χ0) is 15.4. The van der Waals surface area contributed by atoms with Gasteiger partial charge in [-0.2, -0.15) is 0 Å². The van der Waals surface area contributed by atoms with Crippen molar-refractivity contribution in [1.29, 1.82) is 0 Å². The summed E-state index contributed by atoms with van der Waals surface area (Å²) in [5.41, 5.74) is -0.388. The Labute approximate surface area is 119 Å². The number of non-ortho nitro benzene ring substituents is 1. The molecule has 0 radical (unpaired) electrons. The number of Topliss-reactive ketones (excluding diaryl/α,β-unsaturated/α-hetero) is 1. The highest BCUT2D eigenvalue weighted by atomic mass is 19.1. The Morgan fingerprint density at radius 1 is 1.38 bits per heavy atom. The van der Waals surface area contributed by atoms with Crippen molar-refractivity contribution in [3.05, 3.63) is 34.1 Å². The molecule has 1 aliphatic heterocycles. The second-order valence-corrected chi connectivity index (χ2v) is 4.58. The van der Waals surface area contributed by atoms with Gasteiger partial charge in [0.25, 0.3) is 11.6 Å². The molecule has 0 unspecified atom stereocenters. The summed E-state index contributed by atoms with van der Waals surface area (Å²) in [6.45, 7) is 0.302. The van der Waals surface area contributed by atoms with Gasteiger partial charge in [0.15, 0.2) is 18.2 Å². The number of ketones is 1. The largest absolute Gasteiger partial charge is 0.481 e. The van der Waals surface area contributed by atoms with Gasteiger partial charge in [0.05, 0.1) is 11.0 Å². The van der Waals surface area contributed by atoms with Gasteiger partial charge in [-0.1, -0.05) is 0 Å². The molecule has 1 aromatic carbocycles. The normalized spacial score (nSPS) is 14.9. The molecule has 1 heterocycles. The first-order valence-corrected chi connectivity index (χ1v) is 6.33. The van der Waals surface area contributed by atoms with Crippen molar-refractivity contribution in [2.75, 3.05) is 19.7 Å². The van der Waals surface area contributed by atoms with E-state index in [1.54, 1.807) is 0 Å². The van der Waals surface area contributed by atoms with Crippen molar-refractivity contribution < 1.29 is 23.6 Å². The molecule has 112 valence electrons. The molecular weight excluding hydrogens is 283 g/mol. The fraction of sp³-hybridized carbons (Fsp3) is 0.385. The highest BCUT2D eigenvalue weighted by Crippen LogP contribution is 2.22. The summed E-state index contributed by atoms with van der Waals surface area (Å²) in [4.78, 5) is 34.1. The van der Waals surface area contributed by atoms with Crippen LogP contribution in [0.1, 0.15) is 12.8 Å². The maximum Gasteiger partial charge on any atom is 0.272 e. The number of hydrogen-bond donors (Lipinski definition) is 0. The van der Waals surface area contributed by atoms with Crippen LogP contribution in [0.15, 0.2) is 18.2 Å². The molecule has 1 saturated heterocycles. The van der Waals surface area contributed by atoms with Crippen molar-refractivity contribution in [2.24, 2.45) is 0 Å². The van der Waals surface area contributed by atoms with E-state index in [9.17, 15) is 24.1 Å². The number of hydrogen-bond acceptors (Lipinski definition) is 5. The van der Waals surface area contributed by atoms with Crippen LogP contribution in [0.25, 0.3) is 0 Å². The summed E-state index contributed by atoms with van der Waals surface area (Å²) in [5.74, 6) is -1.35. The molecule has 0 atom stereocenters. The lowest BCUT2D eigenvalue weighted by Crippen LogP contribution is -2.41. The van der Waals surface area contributed by atoms with Crippen LogP contribution in [0.4, 0.5) is 10.1 Å². The quantitative estimate of drug-likeness (QED) is 0.617. The molecule has 1 aromatic rings. The Kier molecular flexibility index (Phi) is 4.46. The topological polar surface area (TPSA) is 89.8 Å². The van der Waals surface area contributed by atoms with E-state index in [1.807, 2.05) is 0 Å². The molecule has 0 saturated carbocycles. The fourth-order valence-electron chi connectivity index (χ4n) is 1.96. The van der Waals surface area contributed by atoms with E-state index in [0.29, 0.717) is 25.9 Å². The predicted octanol–water partition coefficient (Wildman–Crippen LogP) is 1.30. The summed E-state index contributed by atoms with van der Waals surface area (Å²) in [7, 11) is 0. The Balaban J connectivity index is 1.92. The smallest absolute Gasteiger partial charge is 0.272 e. The summed E-state index contributed by atoms with van der Waals surface area (Å²) in [6, 6.07) is 2.95. The summed E-state index contributed by atoms with van der Waals surface area (Å²) in [6.07, 6.45) is 0.634. The number of rotatable bonds is 4. The minimum Gasteiger partial charge on any atom is -0.481 e. The number of amides is 1. The van der Waals surface area contributed by atoms with Crippen LogP contribution >= 0.6 is 0 Å². The first-order valence-electron chi connectivity index (χ1n) is 6.33. The monoisotopic (exact) mass is 296 g/mol. The molecule has 0 N–H and O–H groups in total. The van der Waals surface area contributed by atoms with Gasteiger partial charge in [-0.25, -0.2) is 4.39 Å². The van der Waals surface area contributed by atoms with Crippen molar-refractivity contribution in [2.45, 2.75) is 12.8 Å². The SMILES string of the molecule is O=C1CCN(C(=O)COc2ccc([N+](=O)[O-])cc2F)CC1. The maximum atomic E-state index is 13.6. The fourth-order valence-corrected chi connectivity index (χ4v) is 1.96. The standard InChI is InChI=1S/C13H13FN2O5/c14-11-7-9(16(19)20)1-2-12(11)21-8-13(18)15-5-3-10(17)4-6-15/h1-2,7H,3-6,8H2. The highest BCUT2D eigenvalue weighted by molar-refractivity contribution is 5.84. The number of ether oxygens (including phenoxy) is 1. The second-order valence-electron chi connectivity index (χ2n) is 4.58. The summed E-state index contributed by atoms with van der Waals surface area (Å²) in [5, 5.41) is 10.5. The second kappa shape index (κ2) is 6.29. The van der Waals surface area contributed by atoms with Crippen molar-refractivity contribution >= 4 is 17.4 Å². The van der Waals surface area contributed by atoms with Crippen molar-refractivity contribution in [3.8, 4) is 5.75 Å². The number of piperidine rings is 1. The number of carbonyl (C=O) groups excluding carboxylic acids is 2. The van der Waals surface area contributed by atoms with Gasteiger partial charge in [0.2, 0.25) is 0 Å². The Morgan fingerprint density at radius 2 is 2.05 bits per heavy atom. The first-order chi connectivity index (χ1) is 9.97. The van der Waals surface area contributed by atoms with Gasteiger partial charge in [-0.3, -0.25) is 19.7 Å². The third kappa shape index (κ3) is 3.74. The van der Waals surface area contributed by atoms with E-state index in [0.717, 1.165) is 18.2 Å². The number of nitrogens with zero attached hydrogens (tertiary/aromatic N) is 2. The molecule has 2 rings (SSSR count). The van der Waals surface area contributed by atoms with E-state index < -0.39 is 10.7 Å². The van der Waals surface area contributed by atoms with Crippen LogP contribution < -0.4 is 4.74 Å². The number of benzene rings is 1. The van der Waals surface area contributed by atoms with Crippen LogP contribution in [-0.2, 0) is 9.59 Å². The number of halogens is 1. The van der Waals surface area contributed by atoms with Crippen LogP contribution in [0, 0.1) is 15.9 Å². The molecule has 0 spiro atoms. The number of carbonyl (C=O) groups is 2. The van der Waals surface area contributed by atoms with Crippen molar-refractivity contribution in [1.82, 2.24) is 4.90 Å². The van der Waals surface area contributed by atoms with Crippen LogP contribution in [0.5, 0.6) is 5.75 Å². The maximum absolute atomic E-state index is 13.6. The zero-order valence-electron chi connectivity index (χ0n) is 11.1. The lowest BCUT2D eigenvalue weighted by Gasteiger charge is -2.25. The average Bonchev–Trinajstić information content (AvgIpc) is 2.46. The van der Waals surface area contributed by atoms with Crippen LogP contribution in [0.3, 0.4) is 0 Å². The van der Waals surface area contributed by atoms with Gasteiger partial charge in [-0.05, 0) is 6.07 Å². The minimum atomic E-state index is -0.897. The molecule has 0 aliphatic carbocycles. The highest BCUT2D eigenvalue weighted by Gasteiger charge is 2.21. The third-order valence-corrected chi connectivity index (χ3v) is 3.15. The first kappa shape index (κ1) is 14.9. The Bertz CT molecular complexity index is 580. The predicted molar refractivity (Wildman–Crippen MR) is 69.4 cm³/mol. The molecule has 1 amide bonds. The average molecular weight is 296 g/mol. The van der Waals surface area contributed by atoms with Gasteiger partial charge < -0.3 is 9.64 Å². The number of nitro groups is 1. The van der Waals surface area contributed by atoms with Gasteiger partial charge >= 0.3 is 0 Å². The zero-order valence-corrected chi connectivity index (χ0v) is 11.1. The number of nitro benzene ring substituents is 1. The van der Waals surface area contributed by atoms with Crippen molar-refractivity contribution in [3.63, 3.8) is 0 Å². The molecule has 8 heteroatoms. The lowest BCUT2D eigenvalue weighted by atomic mass is 10.1. The third-order valence-electron chi connectivity index (χ3n) is 3.15. The lowest BCUT2D eigenvalue weighted by molar-refractivity contribution is -0.385. The molecular formula is C13H13FN2O5. The van der Waals surface area contributed by atoms with Gasteiger partial charge in [0, 0.05) is 32.0 Å². The van der Waals surface area contributed by atoms with Gasteiger partial charge in [0.1, 0.15) is 5.78 Å². The molecule has 1 aliphatic rings. The molecule has 1 fully saturated rings. The molecule has 21 heavy (non-hydrogen) atoms. The van der Waals surface area contributed by atoms with E-state index in [1.165, 1.54) is 4.90 Å². The summed E-state index contributed by atoms with van der Waals surface area (Å²) < 4.78 is 18.6. The Morgan fingerprint density at radius 3 is 2.62 bits per heavy atom. The van der Waals surface area contributed by atoms with E-state index in [2.05, 4.69) is 0 Å². The van der Waals surface area contributed by atoms with Gasteiger partial charge in [-0.15, -0.1) is 0 Å². The van der Waals surface area contributed by atoms with E-state index in [4.69, 9.17) is 4.74 Å². The molecule has 7 nitrogen and oxygen atoms in total. The molecule has 0 aromatic heterocycles. The van der Waals surface area contributed by atoms with E-state index in [-0.39, 0.29) is 29.7 Å². The van der Waals surface area contributed by atoms with E-state index >= 15 is 0 Å². The van der Waals surface area contributed by atoms with Crippen LogP contribution in [-0.4, -0.2) is 41.2 Å². The van der Waals surface area contributed by atoms with Crippen LogP contribution in [0.2, 0.25) is 0 Å². The number of likely N-dealkylation sites (tertiary alicyclic amines) is 1. The summed E-state index contributed by atoms with van der Waals surface area (Å²) >= 11 is 0. The minimum absolute atomic E-state index is 0.112. The molecule has 0 bridgehead atoms.